The monoisotopic (exact) mass is 199 g/mol. The standard InChI is InChI=1S/C12H13N3/c1-2-4-10(5-3-1)11-6-14-15(9-11)12-7-13-8-12/h1-6,9,12-13H,7-8H2. The van der Waals surface area contributed by atoms with Crippen molar-refractivity contribution >= 4 is 0 Å². The van der Waals surface area contributed by atoms with Crippen molar-refractivity contribution in [2.75, 3.05) is 13.1 Å². The minimum absolute atomic E-state index is 0.544. The first-order chi connectivity index (χ1) is 7.43. The summed E-state index contributed by atoms with van der Waals surface area (Å²) >= 11 is 0. The summed E-state index contributed by atoms with van der Waals surface area (Å²) in [7, 11) is 0. The molecule has 1 fully saturated rings. The van der Waals surface area contributed by atoms with E-state index >= 15 is 0 Å². The second-order valence-electron chi connectivity index (χ2n) is 3.89. The fraction of sp³-hybridized carbons (Fsp3) is 0.250. The van der Waals surface area contributed by atoms with E-state index in [-0.39, 0.29) is 0 Å². The highest BCUT2D eigenvalue weighted by molar-refractivity contribution is 5.61. The van der Waals surface area contributed by atoms with Gasteiger partial charge in [0.05, 0.1) is 12.2 Å². The van der Waals surface area contributed by atoms with Gasteiger partial charge in [0.2, 0.25) is 0 Å². The van der Waals surface area contributed by atoms with Crippen LogP contribution in [0.25, 0.3) is 11.1 Å². The first-order valence-corrected chi connectivity index (χ1v) is 5.24. The van der Waals surface area contributed by atoms with E-state index in [1.165, 1.54) is 11.1 Å². The molecule has 1 N–H and O–H groups in total. The van der Waals surface area contributed by atoms with Crippen LogP contribution in [-0.4, -0.2) is 22.9 Å². The maximum Gasteiger partial charge on any atom is 0.0767 e. The Morgan fingerprint density at radius 3 is 2.60 bits per heavy atom. The maximum absolute atomic E-state index is 4.39. The zero-order valence-corrected chi connectivity index (χ0v) is 8.43. The van der Waals surface area contributed by atoms with Crippen LogP contribution in [0.4, 0.5) is 0 Å². The van der Waals surface area contributed by atoms with Gasteiger partial charge < -0.3 is 5.32 Å². The lowest BCUT2D eigenvalue weighted by atomic mass is 10.1. The van der Waals surface area contributed by atoms with Crippen LogP contribution in [0.15, 0.2) is 42.7 Å². The van der Waals surface area contributed by atoms with E-state index in [1.54, 1.807) is 0 Å². The summed E-state index contributed by atoms with van der Waals surface area (Å²) in [6.45, 7) is 2.08. The molecule has 1 saturated heterocycles. The van der Waals surface area contributed by atoms with Gasteiger partial charge in [-0.3, -0.25) is 4.68 Å². The number of benzene rings is 1. The van der Waals surface area contributed by atoms with Gasteiger partial charge in [0.1, 0.15) is 0 Å². The number of hydrogen-bond acceptors (Lipinski definition) is 2. The molecule has 0 saturated carbocycles. The number of nitrogens with one attached hydrogen (secondary N) is 1. The van der Waals surface area contributed by atoms with Gasteiger partial charge in [-0.15, -0.1) is 0 Å². The van der Waals surface area contributed by atoms with Gasteiger partial charge in [0.25, 0.3) is 0 Å². The lowest BCUT2D eigenvalue weighted by Crippen LogP contribution is -2.43. The van der Waals surface area contributed by atoms with Crippen molar-refractivity contribution in [1.29, 1.82) is 0 Å². The smallest absolute Gasteiger partial charge is 0.0767 e. The molecule has 1 aromatic heterocycles. The normalized spacial score (nSPS) is 16.3. The third-order valence-corrected chi connectivity index (χ3v) is 2.84. The minimum atomic E-state index is 0.544. The van der Waals surface area contributed by atoms with E-state index in [0.717, 1.165) is 13.1 Å². The van der Waals surface area contributed by atoms with Crippen molar-refractivity contribution in [3.05, 3.63) is 42.7 Å². The summed E-state index contributed by atoms with van der Waals surface area (Å²) in [5.74, 6) is 0. The molecule has 0 atom stereocenters. The van der Waals surface area contributed by atoms with E-state index in [0.29, 0.717) is 6.04 Å². The van der Waals surface area contributed by atoms with Gasteiger partial charge in [-0.05, 0) is 5.56 Å². The fourth-order valence-corrected chi connectivity index (χ4v) is 1.78. The lowest BCUT2D eigenvalue weighted by Gasteiger charge is -2.27. The topological polar surface area (TPSA) is 29.9 Å². The zero-order chi connectivity index (χ0) is 10.1. The molecular formula is C12H13N3. The Bertz CT molecular complexity index is 443. The zero-order valence-electron chi connectivity index (χ0n) is 8.43. The van der Waals surface area contributed by atoms with Crippen molar-refractivity contribution in [2.24, 2.45) is 0 Å². The van der Waals surface area contributed by atoms with Gasteiger partial charge in [0, 0.05) is 24.8 Å². The second-order valence-corrected chi connectivity index (χ2v) is 3.89. The molecule has 1 aliphatic heterocycles. The molecule has 3 heteroatoms. The predicted molar refractivity (Wildman–Crippen MR) is 59.6 cm³/mol. The second kappa shape index (κ2) is 3.51. The predicted octanol–water partition coefficient (Wildman–Crippen LogP) is 1.69. The summed E-state index contributed by atoms with van der Waals surface area (Å²) in [6.07, 6.45) is 4.06. The highest BCUT2D eigenvalue weighted by atomic mass is 15.3. The number of nitrogens with zero attached hydrogens (tertiary/aromatic N) is 2. The van der Waals surface area contributed by atoms with Crippen molar-refractivity contribution in [3.8, 4) is 11.1 Å². The molecule has 1 aromatic carbocycles. The number of aromatic nitrogens is 2. The molecule has 0 amide bonds. The molecule has 1 aliphatic rings. The molecule has 0 spiro atoms. The summed E-state index contributed by atoms with van der Waals surface area (Å²) in [5, 5.41) is 7.64. The molecular weight excluding hydrogens is 186 g/mol. The van der Waals surface area contributed by atoms with Gasteiger partial charge in [0.15, 0.2) is 0 Å². The maximum atomic E-state index is 4.39. The Labute approximate surface area is 88.7 Å². The third-order valence-electron chi connectivity index (χ3n) is 2.84. The average Bonchev–Trinajstić information content (AvgIpc) is 2.66. The minimum Gasteiger partial charge on any atom is -0.312 e. The summed E-state index contributed by atoms with van der Waals surface area (Å²) in [6, 6.07) is 10.9. The van der Waals surface area contributed by atoms with E-state index in [4.69, 9.17) is 0 Å². The summed E-state index contributed by atoms with van der Waals surface area (Å²) in [5.41, 5.74) is 2.43. The van der Waals surface area contributed by atoms with E-state index in [2.05, 4.69) is 45.6 Å². The van der Waals surface area contributed by atoms with Crippen LogP contribution in [0.5, 0.6) is 0 Å². The molecule has 3 rings (SSSR count). The Hall–Kier alpha value is -1.61. The van der Waals surface area contributed by atoms with Gasteiger partial charge in [-0.25, -0.2) is 0 Å². The van der Waals surface area contributed by atoms with E-state index < -0.39 is 0 Å². The molecule has 76 valence electrons. The molecule has 0 unspecified atom stereocenters. The van der Waals surface area contributed by atoms with Crippen LogP contribution in [0.2, 0.25) is 0 Å². The van der Waals surface area contributed by atoms with Crippen molar-refractivity contribution < 1.29 is 0 Å². The first-order valence-electron chi connectivity index (χ1n) is 5.24. The SMILES string of the molecule is c1ccc(-c2cnn(C3CNC3)c2)cc1. The molecule has 2 heterocycles. The molecule has 2 aromatic rings. The van der Waals surface area contributed by atoms with Crippen LogP contribution in [-0.2, 0) is 0 Å². The van der Waals surface area contributed by atoms with E-state index in [1.807, 2.05) is 12.3 Å². The van der Waals surface area contributed by atoms with Gasteiger partial charge in [-0.2, -0.15) is 5.10 Å². The van der Waals surface area contributed by atoms with Crippen molar-refractivity contribution in [1.82, 2.24) is 15.1 Å². The Kier molecular flexibility index (Phi) is 2.03. The lowest BCUT2D eigenvalue weighted by molar-refractivity contribution is 0.318. The Morgan fingerprint density at radius 1 is 1.13 bits per heavy atom. The Balaban J connectivity index is 1.90. The number of rotatable bonds is 2. The van der Waals surface area contributed by atoms with Crippen LogP contribution in [0, 0.1) is 0 Å². The van der Waals surface area contributed by atoms with Crippen molar-refractivity contribution in [3.63, 3.8) is 0 Å². The highest BCUT2D eigenvalue weighted by Crippen LogP contribution is 2.20. The average molecular weight is 199 g/mol. The molecule has 0 bridgehead atoms. The largest absolute Gasteiger partial charge is 0.312 e. The molecule has 0 aliphatic carbocycles. The summed E-state index contributed by atoms with van der Waals surface area (Å²) < 4.78 is 2.05. The first kappa shape index (κ1) is 8.68. The van der Waals surface area contributed by atoms with Crippen LogP contribution < -0.4 is 5.32 Å². The van der Waals surface area contributed by atoms with Crippen LogP contribution >= 0.6 is 0 Å². The number of hydrogen-bond donors (Lipinski definition) is 1. The highest BCUT2D eigenvalue weighted by Gasteiger charge is 2.19. The molecule has 15 heavy (non-hydrogen) atoms. The third kappa shape index (κ3) is 1.55. The fourth-order valence-electron chi connectivity index (χ4n) is 1.78. The van der Waals surface area contributed by atoms with Gasteiger partial charge >= 0.3 is 0 Å². The van der Waals surface area contributed by atoms with Crippen molar-refractivity contribution in [2.45, 2.75) is 6.04 Å². The van der Waals surface area contributed by atoms with Gasteiger partial charge in [-0.1, -0.05) is 30.3 Å². The Morgan fingerprint density at radius 2 is 1.93 bits per heavy atom. The quantitative estimate of drug-likeness (QED) is 0.797. The van der Waals surface area contributed by atoms with Crippen LogP contribution in [0.3, 0.4) is 0 Å². The summed E-state index contributed by atoms with van der Waals surface area (Å²) in [4.78, 5) is 0. The van der Waals surface area contributed by atoms with Crippen LogP contribution in [0.1, 0.15) is 6.04 Å². The molecule has 0 radical (unpaired) electrons. The molecule has 3 nitrogen and oxygen atoms in total. The van der Waals surface area contributed by atoms with E-state index in [9.17, 15) is 0 Å².